The third-order valence-electron chi connectivity index (χ3n) is 4.70. The number of hydrogen-bond acceptors (Lipinski definition) is 5. The van der Waals surface area contributed by atoms with Gasteiger partial charge in [0.2, 0.25) is 6.79 Å². The second kappa shape index (κ2) is 8.18. The zero-order valence-corrected chi connectivity index (χ0v) is 16.0. The molecule has 2 atom stereocenters. The Bertz CT molecular complexity index is 824. The molecular formula is C20H25N2O5+. The number of likely N-dealkylation sites (N-methyl/N-ethyl adjacent to an activating group) is 1. The monoisotopic (exact) mass is 373 g/mol. The van der Waals surface area contributed by atoms with E-state index < -0.39 is 0 Å². The van der Waals surface area contributed by atoms with E-state index in [0.717, 1.165) is 10.5 Å². The first-order valence-electron chi connectivity index (χ1n) is 8.75. The molecule has 1 unspecified atom stereocenters. The minimum atomic E-state index is -0.247. The van der Waals surface area contributed by atoms with Gasteiger partial charge in [0, 0.05) is 17.3 Å². The Hall–Kier alpha value is -2.93. The molecular weight excluding hydrogens is 348 g/mol. The van der Waals surface area contributed by atoms with Gasteiger partial charge in [0.1, 0.15) is 6.54 Å². The molecule has 3 rings (SSSR count). The Labute approximate surface area is 158 Å². The third-order valence-corrected chi connectivity index (χ3v) is 4.70. The van der Waals surface area contributed by atoms with Gasteiger partial charge in [0.25, 0.3) is 5.91 Å². The molecule has 27 heavy (non-hydrogen) atoms. The van der Waals surface area contributed by atoms with Crippen molar-refractivity contribution >= 4 is 11.6 Å². The van der Waals surface area contributed by atoms with Gasteiger partial charge in [-0.15, -0.1) is 0 Å². The molecule has 2 aromatic rings. The fraction of sp³-hybridized carbons (Fsp3) is 0.350. The van der Waals surface area contributed by atoms with Crippen LogP contribution in [0.2, 0.25) is 0 Å². The third kappa shape index (κ3) is 4.25. The van der Waals surface area contributed by atoms with E-state index in [2.05, 4.69) is 5.32 Å². The molecule has 144 valence electrons. The zero-order chi connectivity index (χ0) is 19.4. The molecule has 0 aromatic heterocycles. The van der Waals surface area contributed by atoms with E-state index in [1.54, 1.807) is 26.4 Å². The van der Waals surface area contributed by atoms with Gasteiger partial charge in [0.05, 0.1) is 21.3 Å². The maximum atomic E-state index is 12.6. The molecule has 1 amide bonds. The van der Waals surface area contributed by atoms with Crippen LogP contribution < -0.4 is 29.2 Å². The molecule has 0 aliphatic carbocycles. The molecule has 2 N–H and O–H groups in total. The number of rotatable bonds is 7. The van der Waals surface area contributed by atoms with Gasteiger partial charge in [-0.2, -0.15) is 0 Å². The zero-order valence-electron chi connectivity index (χ0n) is 16.0. The van der Waals surface area contributed by atoms with Gasteiger partial charge in [0.15, 0.2) is 29.0 Å². The summed E-state index contributed by atoms with van der Waals surface area (Å²) in [6.07, 6.45) is 0. The summed E-state index contributed by atoms with van der Waals surface area (Å²) in [6, 6.07) is 10.9. The first-order valence-corrected chi connectivity index (χ1v) is 8.75. The maximum absolute atomic E-state index is 12.6. The highest BCUT2D eigenvalue weighted by atomic mass is 16.7. The van der Waals surface area contributed by atoms with E-state index in [9.17, 15) is 4.79 Å². The lowest BCUT2D eigenvalue weighted by Gasteiger charge is -2.21. The highest BCUT2D eigenvalue weighted by Crippen LogP contribution is 2.34. The van der Waals surface area contributed by atoms with Gasteiger partial charge >= 0.3 is 0 Å². The number of benzene rings is 2. The minimum absolute atomic E-state index is 0.0631. The average molecular weight is 373 g/mol. The molecule has 0 radical (unpaired) electrons. The van der Waals surface area contributed by atoms with Crippen molar-refractivity contribution in [3.8, 4) is 23.0 Å². The maximum Gasteiger partial charge on any atom is 0.282 e. The smallest absolute Gasteiger partial charge is 0.282 e. The predicted molar refractivity (Wildman–Crippen MR) is 101 cm³/mol. The van der Waals surface area contributed by atoms with Crippen LogP contribution in [-0.4, -0.2) is 40.0 Å². The SMILES string of the molecule is COc1ccc(C[NH+](C)[C@@H](C)C(=O)Nc2ccc3c(c2)OCO3)cc1OC. The van der Waals surface area contributed by atoms with Crippen molar-refractivity contribution < 1.29 is 28.6 Å². The topological polar surface area (TPSA) is 70.5 Å². The number of anilines is 1. The summed E-state index contributed by atoms with van der Waals surface area (Å²) in [5, 5.41) is 2.94. The van der Waals surface area contributed by atoms with E-state index in [1.807, 2.05) is 38.2 Å². The number of ether oxygens (including phenoxy) is 4. The lowest BCUT2D eigenvalue weighted by atomic mass is 10.1. The Balaban J connectivity index is 1.62. The number of fused-ring (bicyclic) bond motifs is 1. The fourth-order valence-electron chi connectivity index (χ4n) is 2.91. The molecule has 0 saturated carbocycles. The molecule has 7 heteroatoms. The quantitative estimate of drug-likeness (QED) is 0.769. The lowest BCUT2D eigenvalue weighted by Crippen LogP contribution is -3.12. The van der Waals surface area contributed by atoms with Crippen molar-refractivity contribution in [2.75, 3.05) is 33.4 Å². The number of amides is 1. The van der Waals surface area contributed by atoms with E-state index in [1.165, 1.54) is 0 Å². The molecule has 1 aliphatic rings. The van der Waals surface area contributed by atoms with Gasteiger partial charge in [-0.1, -0.05) is 0 Å². The minimum Gasteiger partial charge on any atom is -0.493 e. The summed E-state index contributed by atoms with van der Waals surface area (Å²) in [4.78, 5) is 13.7. The van der Waals surface area contributed by atoms with Crippen LogP contribution in [0.3, 0.4) is 0 Å². The van der Waals surface area contributed by atoms with Crippen LogP contribution in [0.1, 0.15) is 12.5 Å². The van der Waals surface area contributed by atoms with Crippen molar-refractivity contribution in [1.29, 1.82) is 0 Å². The molecule has 0 saturated heterocycles. The number of carbonyl (C=O) groups is 1. The Morgan fingerprint density at radius 1 is 1.11 bits per heavy atom. The summed E-state index contributed by atoms with van der Waals surface area (Å²) in [5.41, 5.74) is 1.75. The summed E-state index contributed by atoms with van der Waals surface area (Å²) in [7, 11) is 5.21. The van der Waals surface area contributed by atoms with Crippen LogP contribution in [0.25, 0.3) is 0 Å². The average Bonchev–Trinajstić information content (AvgIpc) is 3.14. The Morgan fingerprint density at radius 2 is 1.85 bits per heavy atom. The summed E-state index contributed by atoms with van der Waals surface area (Å²) < 4.78 is 21.2. The highest BCUT2D eigenvalue weighted by Gasteiger charge is 2.23. The van der Waals surface area contributed by atoms with Crippen LogP contribution in [-0.2, 0) is 11.3 Å². The van der Waals surface area contributed by atoms with Gasteiger partial charge in [-0.25, -0.2) is 0 Å². The normalized spacial score (nSPS) is 14.4. The number of methoxy groups -OCH3 is 2. The van der Waals surface area contributed by atoms with E-state index in [-0.39, 0.29) is 18.7 Å². The van der Waals surface area contributed by atoms with Crippen LogP contribution in [0, 0.1) is 0 Å². The largest absolute Gasteiger partial charge is 0.493 e. The number of hydrogen-bond donors (Lipinski definition) is 2. The molecule has 0 bridgehead atoms. The standard InChI is InChI=1S/C20H24N2O5/c1-13(20(23)21-15-6-8-17-19(10-15)27-12-26-17)22(2)11-14-5-7-16(24-3)18(9-14)25-4/h5-10,13H,11-12H2,1-4H3,(H,21,23)/p+1/t13-/m0/s1. The van der Waals surface area contributed by atoms with Crippen molar-refractivity contribution in [1.82, 2.24) is 0 Å². The Kier molecular flexibility index (Phi) is 5.71. The lowest BCUT2D eigenvalue weighted by molar-refractivity contribution is -0.907. The molecule has 0 spiro atoms. The first kappa shape index (κ1) is 18.8. The number of quaternary nitrogens is 1. The van der Waals surface area contributed by atoms with Gasteiger partial charge < -0.3 is 29.2 Å². The summed E-state index contributed by atoms with van der Waals surface area (Å²) in [5.74, 6) is 2.64. The van der Waals surface area contributed by atoms with E-state index >= 15 is 0 Å². The predicted octanol–water partition coefficient (Wildman–Crippen LogP) is 1.47. The van der Waals surface area contributed by atoms with Crippen LogP contribution >= 0.6 is 0 Å². The first-order chi connectivity index (χ1) is 13.0. The Morgan fingerprint density at radius 3 is 2.59 bits per heavy atom. The second-order valence-electron chi connectivity index (χ2n) is 6.49. The van der Waals surface area contributed by atoms with Crippen LogP contribution in [0.4, 0.5) is 5.69 Å². The second-order valence-corrected chi connectivity index (χ2v) is 6.49. The van der Waals surface area contributed by atoms with Crippen molar-refractivity contribution in [2.45, 2.75) is 19.5 Å². The molecule has 0 fully saturated rings. The molecule has 1 aliphatic heterocycles. The summed E-state index contributed by atoms with van der Waals surface area (Å²) >= 11 is 0. The summed E-state index contributed by atoms with van der Waals surface area (Å²) in [6.45, 7) is 2.79. The molecule has 1 heterocycles. The molecule has 7 nitrogen and oxygen atoms in total. The van der Waals surface area contributed by atoms with E-state index in [4.69, 9.17) is 18.9 Å². The van der Waals surface area contributed by atoms with Crippen molar-refractivity contribution in [3.63, 3.8) is 0 Å². The van der Waals surface area contributed by atoms with Crippen molar-refractivity contribution in [3.05, 3.63) is 42.0 Å². The van der Waals surface area contributed by atoms with Gasteiger partial charge in [-0.05, 0) is 37.3 Å². The number of nitrogens with one attached hydrogen (secondary N) is 2. The highest BCUT2D eigenvalue weighted by molar-refractivity contribution is 5.93. The van der Waals surface area contributed by atoms with E-state index in [0.29, 0.717) is 35.2 Å². The molecule has 2 aromatic carbocycles. The van der Waals surface area contributed by atoms with Crippen molar-refractivity contribution in [2.24, 2.45) is 0 Å². The number of carbonyl (C=O) groups excluding carboxylic acids is 1. The van der Waals surface area contributed by atoms with Crippen LogP contribution in [0.15, 0.2) is 36.4 Å². The fourth-order valence-corrected chi connectivity index (χ4v) is 2.91. The van der Waals surface area contributed by atoms with Gasteiger partial charge in [-0.3, -0.25) is 4.79 Å². The van der Waals surface area contributed by atoms with Crippen LogP contribution in [0.5, 0.6) is 23.0 Å².